The fraction of sp³-hybridized carbons (Fsp3) is 0.560. The fourth-order valence-corrected chi connectivity index (χ4v) is 6.70. The molecular formula is C25H32N4O2. The van der Waals surface area contributed by atoms with Gasteiger partial charge in [-0.25, -0.2) is 4.68 Å². The van der Waals surface area contributed by atoms with E-state index in [1.165, 1.54) is 19.3 Å². The third kappa shape index (κ3) is 3.46. The Balaban J connectivity index is 1.50. The molecule has 4 saturated carbocycles. The van der Waals surface area contributed by atoms with Crippen molar-refractivity contribution in [1.82, 2.24) is 14.7 Å². The van der Waals surface area contributed by atoms with Gasteiger partial charge in [-0.05, 0) is 82.3 Å². The molecule has 4 aliphatic carbocycles. The van der Waals surface area contributed by atoms with E-state index in [1.54, 1.807) is 15.8 Å². The first-order chi connectivity index (χ1) is 15.0. The van der Waals surface area contributed by atoms with E-state index in [4.69, 9.17) is 0 Å². The molecular weight excluding hydrogens is 388 g/mol. The van der Waals surface area contributed by atoms with Gasteiger partial charge in [0.2, 0.25) is 5.91 Å². The third-order valence-corrected chi connectivity index (χ3v) is 7.80. The molecule has 4 bridgehead atoms. The average molecular weight is 421 g/mol. The van der Waals surface area contributed by atoms with Crippen LogP contribution >= 0.6 is 0 Å². The first-order valence-electron chi connectivity index (χ1n) is 11.8. The van der Waals surface area contributed by atoms with Crippen molar-refractivity contribution in [2.24, 2.45) is 23.2 Å². The number of amides is 2. The highest BCUT2D eigenvalue weighted by atomic mass is 16.2. The number of hydrogen-bond donors (Lipinski definition) is 1. The van der Waals surface area contributed by atoms with Gasteiger partial charge in [-0.15, -0.1) is 0 Å². The Bertz CT molecular complexity index is 941. The Labute approximate surface area is 184 Å². The van der Waals surface area contributed by atoms with E-state index >= 15 is 0 Å². The number of benzene rings is 1. The highest BCUT2D eigenvalue weighted by molar-refractivity contribution is 6.04. The summed E-state index contributed by atoms with van der Waals surface area (Å²) >= 11 is 0. The number of nitrogens with zero attached hydrogens (tertiary/aromatic N) is 3. The minimum atomic E-state index is -0.282. The lowest BCUT2D eigenvalue weighted by atomic mass is 9.49. The van der Waals surface area contributed by atoms with Crippen LogP contribution < -0.4 is 5.32 Å². The van der Waals surface area contributed by atoms with Crippen LogP contribution in [0.4, 0.5) is 5.82 Å². The SMILES string of the molecule is CCN(CC)C(=O)c1cnn(-c2ccccc2)c1NC(=O)C12CC3CC(CC(C3)C1)C2. The smallest absolute Gasteiger partial charge is 0.259 e. The summed E-state index contributed by atoms with van der Waals surface area (Å²) in [5, 5.41) is 7.72. The highest BCUT2D eigenvalue weighted by Gasteiger charge is 2.54. The summed E-state index contributed by atoms with van der Waals surface area (Å²) in [4.78, 5) is 28.7. The second kappa shape index (κ2) is 7.81. The molecule has 1 heterocycles. The van der Waals surface area contributed by atoms with Crippen molar-refractivity contribution in [2.75, 3.05) is 18.4 Å². The Kier molecular flexibility index (Phi) is 5.11. The van der Waals surface area contributed by atoms with Gasteiger partial charge >= 0.3 is 0 Å². The maximum absolute atomic E-state index is 13.8. The van der Waals surface area contributed by atoms with Gasteiger partial charge in [0.15, 0.2) is 0 Å². The molecule has 4 aliphatic rings. The second-order valence-electron chi connectivity index (χ2n) is 9.78. The van der Waals surface area contributed by atoms with Gasteiger partial charge in [0.1, 0.15) is 11.4 Å². The van der Waals surface area contributed by atoms with Crippen LogP contribution in [0, 0.1) is 23.2 Å². The van der Waals surface area contributed by atoms with Gasteiger partial charge < -0.3 is 10.2 Å². The first-order valence-corrected chi connectivity index (χ1v) is 11.8. The van der Waals surface area contributed by atoms with Crippen LogP contribution in [0.25, 0.3) is 5.69 Å². The average Bonchev–Trinajstić information content (AvgIpc) is 3.17. The number of carbonyl (C=O) groups is 2. The summed E-state index contributed by atoms with van der Waals surface area (Å²) in [6, 6.07) is 9.71. The number of anilines is 1. The van der Waals surface area contributed by atoms with Crippen LogP contribution in [0.2, 0.25) is 0 Å². The van der Waals surface area contributed by atoms with Crippen molar-refractivity contribution in [3.05, 3.63) is 42.1 Å². The van der Waals surface area contributed by atoms with Crippen molar-refractivity contribution < 1.29 is 9.59 Å². The molecule has 6 rings (SSSR count). The molecule has 1 aromatic heterocycles. The van der Waals surface area contributed by atoms with Gasteiger partial charge in [0.25, 0.3) is 5.91 Å². The summed E-state index contributed by atoms with van der Waals surface area (Å²) in [5.41, 5.74) is 1.02. The molecule has 164 valence electrons. The van der Waals surface area contributed by atoms with Crippen molar-refractivity contribution in [3.8, 4) is 5.69 Å². The van der Waals surface area contributed by atoms with Crippen molar-refractivity contribution in [3.63, 3.8) is 0 Å². The quantitative estimate of drug-likeness (QED) is 0.748. The van der Waals surface area contributed by atoms with Crippen LogP contribution in [0.15, 0.2) is 36.5 Å². The number of nitrogens with one attached hydrogen (secondary N) is 1. The van der Waals surface area contributed by atoms with Crippen molar-refractivity contribution >= 4 is 17.6 Å². The summed E-state index contributed by atoms with van der Waals surface area (Å²) in [5.74, 6) is 2.56. The van der Waals surface area contributed by atoms with E-state index in [1.807, 2.05) is 44.2 Å². The number of para-hydroxylation sites is 1. The minimum Gasteiger partial charge on any atom is -0.339 e. The van der Waals surface area contributed by atoms with Crippen LogP contribution in [-0.4, -0.2) is 39.6 Å². The molecule has 4 fully saturated rings. The van der Waals surface area contributed by atoms with E-state index in [2.05, 4.69) is 10.4 Å². The van der Waals surface area contributed by atoms with Gasteiger partial charge in [0.05, 0.1) is 17.3 Å². The zero-order valence-corrected chi connectivity index (χ0v) is 18.5. The van der Waals surface area contributed by atoms with Gasteiger partial charge in [-0.1, -0.05) is 18.2 Å². The normalized spacial score (nSPS) is 28.5. The molecule has 0 unspecified atom stereocenters. The fourth-order valence-electron chi connectivity index (χ4n) is 6.70. The number of hydrogen-bond acceptors (Lipinski definition) is 3. The molecule has 0 radical (unpaired) electrons. The van der Waals surface area contributed by atoms with Crippen LogP contribution in [0.5, 0.6) is 0 Å². The Morgan fingerprint density at radius 1 is 1.03 bits per heavy atom. The minimum absolute atomic E-state index is 0.0814. The molecule has 2 amide bonds. The lowest BCUT2D eigenvalue weighted by Crippen LogP contribution is -2.52. The van der Waals surface area contributed by atoms with Crippen molar-refractivity contribution in [2.45, 2.75) is 52.4 Å². The summed E-state index contributed by atoms with van der Waals surface area (Å²) < 4.78 is 1.70. The van der Waals surface area contributed by atoms with E-state index in [0.29, 0.717) is 42.2 Å². The predicted molar refractivity (Wildman–Crippen MR) is 120 cm³/mol. The largest absolute Gasteiger partial charge is 0.339 e. The van der Waals surface area contributed by atoms with Crippen LogP contribution in [0.3, 0.4) is 0 Å². The number of aromatic nitrogens is 2. The summed E-state index contributed by atoms with van der Waals surface area (Å²) in [6.07, 6.45) is 8.44. The maximum atomic E-state index is 13.8. The van der Waals surface area contributed by atoms with Gasteiger partial charge in [0, 0.05) is 13.1 Å². The summed E-state index contributed by atoms with van der Waals surface area (Å²) in [6.45, 7) is 5.18. The second-order valence-corrected chi connectivity index (χ2v) is 9.78. The summed E-state index contributed by atoms with van der Waals surface area (Å²) in [7, 11) is 0. The van der Waals surface area contributed by atoms with E-state index < -0.39 is 0 Å². The number of carbonyl (C=O) groups excluding carboxylic acids is 2. The van der Waals surface area contributed by atoms with Crippen molar-refractivity contribution in [1.29, 1.82) is 0 Å². The molecule has 0 aliphatic heterocycles. The third-order valence-electron chi connectivity index (χ3n) is 7.80. The monoisotopic (exact) mass is 420 g/mol. The predicted octanol–water partition coefficient (Wildman–Crippen LogP) is 4.51. The lowest BCUT2D eigenvalue weighted by Gasteiger charge is -2.55. The van der Waals surface area contributed by atoms with Gasteiger partial charge in [-0.2, -0.15) is 5.10 Å². The zero-order valence-electron chi connectivity index (χ0n) is 18.5. The Morgan fingerprint density at radius 3 is 2.16 bits per heavy atom. The molecule has 0 atom stereocenters. The van der Waals surface area contributed by atoms with Crippen LogP contribution in [-0.2, 0) is 4.79 Å². The van der Waals surface area contributed by atoms with Gasteiger partial charge in [-0.3, -0.25) is 9.59 Å². The molecule has 1 aromatic carbocycles. The molecule has 1 N–H and O–H groups in total. The number of rotatable bonds is 6. The van der Waals surface area contributed by atoms with E-state index in [0.717, 1.165) is 24.9 Å². The molecule has 31 heavy (non-hydrogen) atoms. The van der Waals surface area contributed by atoms with E-state index in [-0.39, 0.29) is 17.2 Å². The Hall–Kier alpha value is -2.63. The van der Waals surface area contributed by atoms with Crippen LogP contribution in [0.1, 0.15) is 62.7 Å². The molecule has 0 saturated heterocycles. The highest BCUT2D eigenvalue weighted by Crippen LogP contribution is 2.60. The molecule has 6 heteroatoms. The lowest BCUT2D eigenvalue weighted by molar-refractivity contribution is -0.140. The van der Waals surface area contributed by atoms with E-state index in [9.17, 15) is 9.59 Å². The zero-order chi connectivity index (χ0) is 21.6. The first kappa shape index (κ1) is 20.3. The maximum Gasteiger partial charge on any atom is 0.259 e. The topological polar surface area (TPSA) is 67.2 Å². The molecule has 2 aromatic rings. The molecule has 6 nitrogen and oxygen atoms in total. The standard InChI is InChI=1S/C25H32N4O2/c1-3-28(4-2)23(30)21-16-26-29(20-8-6-5-7-9-20)22(21)27-24(31)25-13-17-10-18(14-25)12-19(11-17)15-25/h5-9,16-19H,3-4,10-15H2,1-2H3,(H,27,31). The molecule has 0 spiro atoms. The Morgan fingerprint density at radius 2 is 1.61 bits per heavy atom.